The van der Waals surface area contributed by atoms with E-state index in [0.717, 1.165) is 35.1 Å². The molecular formula is C25H27ClN4O2. The zero-order chi connectivity index (χ0) is 22.5. The van der Waals surface area contributed by atoms with Crippen LogP contribution < -0.4 is 10.5 Å². The molecule has 166 valence electrons. The molecule has 0 spiro atoms. The van der Waals surface area contributed by atoms with Gasteiger partial charge in [-0.15, -0.1) is 0 Å². The fourth-order valence-corrected chi connectivity index (χ4v) is 4.10. The Morgan fingerprint density at radius 2 is 1.75 bits per heavy atom. The SMILES string of the molecule is Cc1ccc(-c2ccc(=O)n(CCCC(=O)N3CCN(c4cccc(Cl)c4)CC3)n2)cc1. The quantitative estimate of drug-likeness (QED) is 0.569. The highest BCUT2D eigenvalue weighted by Crippen LogP contribution is 2.21. The van der Waals surface area contributed by atoms with Gasteiger partial charge in [-0.3, -0.25) is 9.59 Å². The van der Waals surface area contributed by atoms with Gasteiger partial charge in [0.1, 0.15) is 0 Å². The number of nitrogens with zero attached hydrogens (tertiary/aromatic N) is 4. The average molecular weight is 451 g/mol. The predicted octanol–water partition coefficient (Wildman–Crippen LogP) is 4.00. The van der Waals surface area contributed by atoms with E-state index in [1.807, 2.05) is 60.4 Å². The van der Waals surface area contributed by atoms with Crippen molar-refractivity contribution < 1.29 is 4.79 Å². The molecule has 4 rings (SSSR count). The topological polar surface area (TPSA) is 58.4 Å². The van der Waals surface area contributed by atoms with Crippen molar-refractivity contribution in [2.45, 2.75) is 26.3 Å². The van der Waals surface area contributed by atoms with E-state index in [1.54, 1.807) is 12.1 Å². The summed E-state index contributed by atoms with van der Waals surface area (Å²) >= 11 is 6.09. The molecular weight excluding hydrogens is 424 g/mol. The van der Waals surface area contributed by atoms with E-state index in [4.69, 9.17) is 11.6 Å². The zero-order valence-electron chi connectivity index (χ0n) is 18.2. The fraction of sp³-hybridized carbons (Fsp3) is 0.320. The molecule has 0 radical (unpaired) electrons. The maximum atomic E-state index is 12.7. The molecule has 1 aliphatic rings. The molecule has 0 aliphatic carbocycles. The summed E-state index contributed by atoms with van der Waals surface area (Å²) in [5.41, 5.74) is 3.84. The van der Waals surface area contributed by atoms with Crippen LogP contribution in [0.5, 0.6) is 0 Å². The van der Waals surface area contributed by atoms with Gasteiger partial charge in [0.05, 0.1) is 5.69 Å². The highest BCUT2D eigenvalue weighted by atomic mass is 35.5. The Hall–Kier alpha value is -3.12. The van der Waals surface area contributed by atoms with Crippen molar-refractivity contribution in [2.75, 3.05) is 31.1 Å². The van der Waals surface area contributed by atoms with Crippen LogP contribution in [0, 0.1) is 6.92 Å². The van der Waals surface area contributed by atoms with Crippen LogP contribution in [-0.4, -0.2) is 46.8 Å². The summed E-state index contributed by atoms with van der Waals surface area (Å²) in [7, 11) is 0. The average Bonchev–Trinajstić information content (AvgIpc) is 2.81. The van der Waals surface area contributed by atoms with Gasteiger partial charge in [0, 0.05) is 61.5 Å². The Bertz CT molecular complexity index is 1140. The second kappa shape index (κ2) is 10.0. The van der Waals surface area contributed by atoms with E-state index in [1.165, 1.54) is 10.2 Å². The highest BCUT2D eigenvalue weighted by Gasteiger charge is 2.21. The van der Waals surface area contributed by atoms with Crippen LogP contribution in [-0.2, 0) is 11.3 Å². The second-order valence-corrected chi connectivity index (χ2v) is 8.53. The van der Waals surface area contributed by atoms with E-state index >= 15 is 0 Å². The number of carbonyl (C=O) groups is 1. The standard InChI is InChI=1S/C25H27ClN4O2/c1-19-7-9-20(10-8-19)23-11-12-25(32)30(27-23)13-3-6-24(31)29-16-14-28(15-17-29)22-5-2-4-21(26)18-22/h2,4-5,7-12,18H,3,6,13-17H2,1H3. The summed E-state index contributed by atoms with van der Waals surface area (Å²) in [6.07, 6.45) is 0.984. The number of aromatic nitrogens is 2. The molecule has 0 N–H and O–H groups in total. The van der Waals surface area contributed by atoms with E-state index in [-0.39, 0.29) is 11.5 Å². The number of amides is 1. The number of halogens is 1. The number of carbonyl (C=O) groups excluding carboxylic acids is 1. The van der Waals surface area contributed by atoms with E-state index < -0.39 is 0 Å². The molecule has 0 atom stereocenters. The first-order valence-corrected chi connectivity index (χ1v) is 11.3. The van der Waals surface area contributed by atoms with Crippen LogP contribution in [0.25, 0.3) is 11.3 Å². The smallest absolute Gasteiger partial charge is 0.266 e. The Morgan fingerprint density at radius 3 is 2.47 bits per heavy atom. The van der Waals surface area contributed by atoms with Crippen molar-refractivity contribution in [1.29, 1.82) is 0 Å². The van der Waals surface area contributed by atoms with Crippen molar-refractivity contribution >= 4 is 23.2 Å². The number of aryl methyl sites for hydroxylation is 2. The Balaban J connectivity index is 1.29. The van der Waals surface area contributed by atoms with Gasteiger partial charge in [-0.2, -0.15) is 5.10 Å². The predicted molar refractivity (Wildman–Crippen MR) is 128 cm³/mol. The molecule has 1 fully saturated rings. The van der Waals surface area contributed by atoms with Crippen molar-refractivity contribution in [3.63, 3.8) is 0 Å². The summed E-state index contributed by atoms with van der Waals surface area (Å²) in [6.45, 7) is 5.40. The van der Waals surface area contributed by atoms with Crippen LogP contribution in [0.4, 0.5) is 5.69 Å². The number of hydrogen-bond acceptors (Lipinski definition) is 4. The summed E-state index contributed by atoms with van der Waals surface area (Å²) in [6, 6.07) is 19.1. The molecule has 6 nitrogen and oxygen atoms in total. The van der Waals surface area contributed by atoms with Gasteiger partial charge in [-0.05, 0) is 37.6 Å². The fourth-order valence-electron chi connectivity index (χ4n) is 3.91. The number of hydrogen-bond donors (Lipinski definition) is 0. The molecule has 3 aromatic rings. The molecule has 2 aromatic carbocycles. The minimum absolute atomic E-state index is 0.124. The largest absolute Gasteiger partial charge is 0.368 e. The lowest BCUT2D eigenvalue weighted by Crippen LogP contribution is -2.48. The van der Waals surface area contributed by atoms with Crippen LogP contribution in [0.2, 0.25) is 5.02 Å². The minimum atomic E-state index is -0.150. The maximum Gasteiger partial charge on any atom is 0.266 e. The number of rotatable bonds is 6. The molecule has 1 amide bonds. The summed E-state index contributed by atoms with van der Waals surface area (Å²) < 4.78 is 1.46. The van der Waals surface area contributed by atoms with Gasteiger partial charge in [0.15, 0.2) is 0 Å². The first-order chi connectivity index (χ1) is 15.5. The lowest BCUT2D eigenvalue weighted by atomic mass is 10.1. The van der Waals surface area contributed by atoms with Crippen molar-refractivity contribution in [1.82, 2.24) is 14.7 Å². The summed E-state index contributed by atoms with van der Waals surface area (Å²) in [5.74, 6) is 0.124. The highest BCUT2D eigenvalue weighted by molar-refractivity contribution is 6.30. The van der Waals surface area contributed by atoms with Crippen LogP contribution in [0.3, 0.4) is 0 Å². The van der Waals surface area contributed by atoms with Gasteiger partial charge in [-0.1, -0.05) is 47.5 Å². The molecule has 0 saturated carbocycles. The molecule has 1 aliphatic heterocycles. The number of piperazine rings is 1. The first-order valence-electron chi connectivity index (χ1n) is 10.9. The van der Waals surface area contributed by atoms with Gasteiger partial charge < -0.3 is 9.80 Å². The van der Waals surface area contributed by atoms with Crippen molar-refractivity contribution in [2.24, 2.45) is 0 Å². The number of benzene rings is 2. The maximum absolute atomic E-state index is 12.7. The number of anilines is 1. The van der Waals surface area contributed by atoms with E-state index in [2.05, 4.69) is 10.00 Å². The third kappa shape index (κ3) is 5.37. The Labute approximate surface area is 193 Å². The third-order valence-corrected chi connectivity index (χ3v) is 6.02. The molecule has 2 heterocycles. The van der Waals surface area contributed by atoms with Gasteiger partial charge >= 0.3 is 0 Å². The summed E-state index contributed by atoms with van der Waals surface area (Å²) in [5, 5.41) is 5.21. The Morgan fingerprint density at radius 1 is 1.00 bits per heavy atom. The molecule has 32 heavy (non-hydrogen) atoms. The molecule has 0 bridgehead atoms. The van der Waals surface area contributed by atoms with Crippen LogP contribution >= 0.6 is 11.6 Å². The third-order valence-electron chi connectivity index (χ3n) is 5.78. The lowest BCUT2D eigenvalue weighted by molar-refractivity contribution is -0.131. The zero-order valence-corrected chi connectivity index (χ0v) is 19.0. The Kier molecular flexibility index (Phi) is 6.90. The van der Waals surface area contributed by atoms with E-state index in [0.29, 0.717) is 32.5 Å². The molecule has 1 aromatic heterocycles. The second-order valence-electron chi connectivity index (χ2n) is 8.10. The molecule has 1 saturated heterocycles. The van der Waals surface area contributed by atoms with Crippen molar-refractivity contribution in [3.8, 4) is 11.3 Å². The van der Waals surface area contributed by atoms with Gasteiger partial charge in [0.25, 0.3) is 5.56 Å². The normalized spacial score (nSPS) is 13.9. The van der Waals surface area contributed by atoms with Gasteiger partial charge in [-0.25, -0.2) is 4.68 Å². The van der Waals surface area contributed by atoms with E-state index in [9.17, 15) is 9.59 Å². The molecule has 0 unspecified atom stereocenters. The lowest BCUT2D eigenvalue weighted by Gasteiger charge is -2.36. The minimum Gasteiger partial charge on any atom is -0.368 e. The monoisotopic (exact) mass is 450 g/mol. The van der Waals surface area contributed by atoms with Gasteiger partial charge in [0.2, 0.25) is 5.91 Å². The molecule has 7 heteroatoms. The first kappa shape index (κ1) is 22.1. The van der Waals surface area contributed by atoms with Crippen LogP contribution in [0.1, 0.15) is 18.4 Å². The van der Waals surface area contributed by atoms with Crippen molar-refractivity contribution in [3.05, 3.63) is 81.6 Å². The van der Waals surface area contributed by atoms with Crippen LogP contribution in [0.15, 0.2) is 65.5 Å². The summed E-state index contributed by atoms with van der Waals surface area (Å²) in [4.78, 5) is 29.0.